The van der Waals surface area contributed by atoms with Gasteiger partial charge in [-0.2, -0.15) is 14.9 Å². The molecular formula is C19H20N4OS. The van der Waals surface area contributed by atoms with Crippen LogP contribution in [0.2, 0.25) is 0 Å². The Morgan fingerprint density at radius 1 is 1.20 bits per heavy atom. The van der Waals surface area contributed by atoms with Gasteiger partial charge in [-0.25, -0.2) is 5.10 Å². The Labute approximate surface area is 152 Å². The molecule has 3 rings (SSSR count). The topological polar surface area (TPSA) is 55.2 Å². The van der Waals surface area contributed by atoms with E-state index in [0.717, 1.165) is 16.9 Å². The molecule has 0 unspecified atom stereocenters. The van der Waals surface area contributed by atoms with E-state index in [1.54, 1.807) is 10.9 Å². The summed E-state index contributed by atoms with van der Waals surface area (Å²) in [6.45, 7) is 6.04. The molecular weight excluding hydrogens is 332 g/mol. The first kappa shape index (κ1) is 17.1. The molecule has 0 amide bonds. The number of benzene rings is 2. The highest BCUT2D eigenvalue weighted by molar-refractivity contribution is 7.71. The standard InChI is InChI=1S/C19H20N4OS/c1-13(2)24-17-9-5-8-16(11-17)18-21-22-19(25)23(18)20-12-15-7-4-6-14(3)10-15/h4-13H,1-3H3,(H,22,25)/b20-12+. The second-order valence-electron chi connectivity index (χ2n) is 6.02. The van der Waals surface area contributed by atoms with Crippen molar-refractivity contribution in [2.45, 2.75) is 26.9 Å². The van der Waals surface area contributed by atoms with E-state index < -0.39 is 0 Å². The van der Waals surface area contributed by atoms with E-state index in [-0.39, 0.29) is 6.10 Å². The van der Waals surface area contributed by atoms with E-state index in [1.165, 1.54) is 5.56 Å². The molecule has 1 N–H and O–H groups in total. The largest absolute Gasteiger partial charge is 0.491 e. The minimum absolute atomic E-state index is 0.107. The molecule has 0 aliphatic carbocycles. The maximum atomic E-state index is 5.75. The van der Waals surface area contributed by atoms with Crippen molar-refractivity contribution >= 4 is 18.4 Å². The van der Waals surface area contributed by atoms with Crippen LogP contribution in [0.4, 0.5) is 0 Å². The molecule has 3 aromatic rings. The number of aryl methyl sites for hydroxylation is 1. The Bertz CT molecular complexity index is 956. The summed E-state index contributed by atoms with van der Waals surface area (Å²) in [4.78, 5) is 0. The van der Waals surface area contributed by atoms with Crippen LogP contribution in [0, 0.1) is 11.7 Å². The first-order chi connectivity index (χ1) is 12.0. The highest BCUT2D eigenvalue weighted by atomic mass is 32.1. The molecule has 6 heteroatoms. The minimum Gasteiger partial charge on any atom is -0.491 e. The predicted molar refractivity (Wildman–Crippen MR) is 103 cm³/mol. The maximum absolute atomic E-state index is 5.75. The first-order valence-corrected chi connectivity index (χ1v) is 8.49. The van der Waals surface area contributed by atoms with Crippen molar-refractivity contribution in [1.29, 1.82) is 0 Å². The molecule has 1 aromatic heterocycles. The van der Waals surface area contributed by atoms with E-state index >= 15 is 0 Å². The van der Waals surface area contributed by atoms with Gasteiger partial charge in [0.1, 0.15) is 5.75 Å². The van der Waals surface area contributed by atoms with Crippen LogP contribution in [0.5, 0.6) is 5.75 Å². The number of ether oxygens (including phenoxy) is 1. The van der Waals surface area contributed by atoms with Gasteiger partial charge in [0.25, 0.3) is 0 Å². The number of aromatic amines is 1. The second kappa shape index (κ2) is 7.44. The van der Waals surface area contributed by atoms with E-state index in [1.807, 2.05) is 63.2 Å². The zero-order valence-electron chi connectivity index (χ0n) is 14.4. The van der Waals surface area contributed by atoms with Crippen molar-refractivity contribution in [1.82, 2.24) is 14.9 Å². The number of hydrogen-bond acceptors (Lipinski definition) is 4. The third-order valence-electron chi connectivity index (χ3n) is 3.48. The molecule has 5 nitrogen and oxygen atoms in total. The molecule has 0 fully saturated rings. The molecule has 0 spiro atoms. The second-order valence-corrected chi connectivity index (χ2v) is 6.40. The van der Waals surface area contributed by atoms with Gasteiger partial charge in [0.2, 0.25) is 4.77 Å². The van der Waals surface area contributed by atoms with Crippen LogP contribution >= 0.6 is 12.2 Å². The minimum atomic E-state index is 0.107. The summed E-state index contributed by atoms with van der Waals surface area (Å²) in [7, 11) is 0. The Morgan fingerprint density at radius 3 is 2.76 bits per heavy atom. The molecule has 128 valence electrons. The average Bonchev–Trinajstić information content (AvgIpc) is 2.93. The van der Waals surface area contributed by atoms with E-state index in [9.17, 15) is 0 Å². The Kier molecular flexibility index (Phi) is 5.09. The fourth-order valence-electron chi connectivity index (χ4n) is 2.44. The van der Waals surface area contributed by atoms with Crippen molar-refractivity contribution < 1.29 is 4.74 Å². The number of nitrogens with zero attached hydrogens (tertiary/aromatic N) is 3. The van der Waals surface area contributed by atoms with Crippen molar-refractivity contribution in [3.63, 3.8) is 0 Å². The molecule has 0 bridgehead atoms. The van der Waals surface area contributed by atoms with E-state index in [4.69, 9.17) is 17.0 Å². The Morgan fingerprint density at radius 2 is 2.00 bits per heavy atom. The van der Waals surface area contributed by atoms with Gasteiger partial charge in [0.15, 0.2) is 5.82 Å². The fraction of sp³-hybridized carbons (Fsp3) is 0.211. The predicted octanol–water partition coefficient (Wildman–Crippen LogP) is 4.59. The SMILES string of the molecule is Cc1cccc(/C=N/n2c(-c3cccc(OC(C)C)c3)n[nH]c2=S)c1. The normalized spacial score (nSPS) is 11.4. The van der Waals surface area contributed by atoms with Gasteiger partial charge < -0.3 is 4.74 Å². The third-order valence-corrected chi connectivity index (χ3v) is 3.74. The van der Waals surface area contributed by atoms with Gasteiger partial charge in [-0.1, -0.05) is 42.0 Å². The molecule has 0 saturated heterocycles. The smallest absolute Gasteiger partial charge is 0.216 e. The summed E-state index contributed by atoms with van der Waals surface area (Å²) < 4.78 is 7.81. The maximum Gasteiger partial charge on any atom is 0.216 e. The van der Waals surface area contributed by atoms with Gasteiger partial charge in [-0.05, 0) is 50.7 Å². The lowest BCUT2D eigenvalue weighted by Gasteiger charge is -2.10. The van der Waals surface area contributed by atoms with Crippen LogP contribution in [0.3, 0.4) is 0 Å². The summed E-state index contributed by atoms with van der Waals surface area (Å²) in [5.41, 5.74) is 3.07. The summed E-state index contributed by atoms with van der Waals surface area (Å²) >= 11 is 5.32. The number of nitrogens with one attached hydrogen (secondary N) is 1. The first-order valence-electron chi connectivity index (χ1n) is 8.08. The fourth-order valence-corrected chi connectivity index (χ4v) is 2.62. The summed E-state index contributed by atoms with van der Waals surface area (Å²) in [5, 5.41) is 11.6. The van der Waals surface area contributed by atoms with Crippen LogP contribution in [0.1, 0.15) is 25.0 Å². The van der Waals surface area contributed by atoms with Crippen molar-refractivity contribution in [2.75, 3.05) is 0 Å². The molecule has 2 aromatic carbocycles. The Balaban J connectivity index is 1.96. The summed E-state index contributed by atoms with van der Waals surface area (Å²) in [6, 6.07) is 15.8. The number of H-pyrrole nitrogens is 1. The lowest BCUT2D eigenvalue weighted by atomic mass is 10.2. The molecule has 0 aliphatic heterocycles. The van der Waals surface area contributed by atoms with Crippen molar-refractivity contribution in [3.8, 4) is 17.1 Å². The molecule has 0 radical (unpaired) electrons. The van der Waals surface area contributed by atoms with Crippen molar-refractivity contribution in [3.05, 3.63) is 64.4 Å². The molecule has 1 heterocycles. The summed E-state index contributed by atoms with van der Waals surface area (Å²) in [6.07, 6.45) is 1.88. The molecule has 0 aliphatic rings. The van der Waals surface area contributed by atoms with Gasteiger partial charge in [-0.3, -0.25) is 0 Å². The van der Waals surface area contributed by atoms with Gasteiger partial charge in [0.05, 0.1) is 12.3 Å². The lowest BCUT2D eigenvalue weighted by Crippen LogP contribution is -2.05. The van der Waals surface area contributed by atoms with Gasteiger partial charge >= 0.3 is 0 Å². The van der Waals surface area contributed by atoms with E-state index in [0.29, 0.717) is 10.6 Å². The molecule has 25 heavy (non-hydrogen) atoms. The average molecular weight is 352 g/mol. The van der Waals surface area contributed by atoms with Crippen LogP contribution in [0.15, 0.2) is 53.6 Å². The zero-order valence-corrected chi connectivity index (χ0v) is 15.2. The highest BCUT2D eigenvalue weighted by Gasteiger charge is 2.09. The quantitative estimate of drug-likeness (QED) is 0.540. The van der Waals surface area contributed by atoms with Crippen molar-refractivity contribution in [2.24, 2.45) is 5.10 Å². The lowest BCUT2D eigenvalue weighted by molar-refractivity contribution is 0.242. The van der Waals surface area contributed by atoms with Gasteiger partial charge in [-0.15, -0.1) is 0 Å². The Hall–Kier alpha value is -2.73. The zero-order chi connectivity index (χ0) is 17.8. The summed E-state index contributed by atoms with van der Waals surface area (Å²) in [5.74, 6) is 1.43. The van der Waals surface area contributed by atoms with Crippen LogP contribution < -0.4 is 4.74 Å². The highest BCUT2D eigenvalue weighted by Crippen LogP contribution is 2.23. The van der Waals surface area contributed by atoms with Crippen LogP contribution in [0.25, 0.3) is 11.4 Å². The number of hydrogen-bond donors (Lipinski definition) is 1. The molecule has 0 saturated carbocycles. The van der Waals surface area contributed by atoms with Crippen LogP contribution in [-0.2, 0) is 0 Å². The third kappa shape index (κ3) is 4.22. The number of rotatable bonds is 5. The van der Waals surface area contributed by atoms with Gasteiger partial charge in [0, 0.05) is 5.56 Å². The van der Waals surface area contributed by atoms with Crippen LogP contribution in [-0.4, -0.2) is 27.2 Å². The monoisotopic (exact) mass is 352 g/mol. The number of aromatic nitrogens is 3. The van der Waals surface area contributed by atoms with E-state index in [2.05, 4.69) is 21.4 Å². The molecule has 0 atom stereocenters.